The summed E-state index contributed by atoms with van der Waals surface area (Å²) in [5.41, 5.74) is 0.626. The molecule has 2 rings (SSSR count). The smallest absolute Gasteiger partial charge is 0.206 e. The number of carbonyl (C=O) groups is 1. The topological polar surface area (TPSA) is 54.9 Å². The summed E-state index contributed by atoms with van der Waals surface area (Å²) in [7, 11) is 0. The first-order chi connectivity index (χ1) is 8.69. The highest BCUT2D eigenvalue weighted by Crippen LogP contribution is 2.22. The molecule has 0 saturated carbocycles. The maximum Gasteiger partial charge on any atom is 0.206 e. The number of benzene rings is 1. The molecule has 0 bridgehead atoms. The first kappa shape index (κ1) is 13.3. The number of aromatic nitrogens is 2. The molecule has 0 aliphatic rings. The number of carbonyl (C=O) groups excluding carboxylic acids is 1. The van der Waals surface area contributed by atoms with Gasteiger partial charge in [-0.05, 0) is 30.5 Å². The van der Waals surface area contributed by atoms with Gasteiger partial charge in [-0.15, -0.1) is 10.2 Å². The Balaban J connectivity index is 1.93. The van der Waals surface area contributed by atoms with Gasteiger partial charge in [-0.3, -0.25) is 4.79 Å². The summed E-state index contributed by atoms with van der Waals surface area (Å²) in [4.78, 5) is 11.9. The van der Waals surface area contributed by atoms with Crippen molar-refractivity contribution in [2.45, 2.75) is 4.34 Å². The van der Waals surface area contributed by atoms with Crippen LogP contribution in [0.2, 0.25) is 5.02 Å². The Kier molecular flexibility index (Phi) is 4.57. The van der Waals surface area contributed by atoms with Crippen LogP contribution in [0.3, 0.4) is 0 Å². The van der Waals surface area contributed by atoms with Crippen LogP contribution in [-0.4, -0.2) is 28.8 Å². The van der Waals surface area contributed by atoms with Crippen molar-refractivity contribution in [2.24, 2.45) is 0 Å². The lowest BCUT2D eigenvalue weighted by Crippen LogP contribution is -2.13. The van der Waals surface area contributed by atoms with Crippen molar-refractivity contribution in [3.63, 3.8) is 0 Å². The van der Waals surface area contributed by atoms with Gasteiger partial charge in [0, 0.05) is 10.6 Å². The Hall–Kier alpha value is -1.11. The van der Waals surface area contributed by atoms with E-state index in [9.17, 15) is 4.79 Å². The van der Waals surface area contributed by atoms with Crippen LogP contribution in [0.1, 0.15) is 10.4 Å². The van der Waals surface area contributed by atoms with E-state index in [1.54, 1.807) is 24.3 Å². The van der Waals surface area contributed by atoms with Crippen LogP contribution >= 0.6 is 34.7 Å². The summed E-state index contributed by atoms with van der Waals surface area (Å²) >= 11 is 8.72. The third-order valence-electron chi connectivity index (χ3n) is 2.15. The zero-order chi connectivity index (χ0) is 13.0. The second kappa shape index (κ2) is 6.17. The van der Waals surface area contributed by atoms with Gasteiger partial charge in [-0.25, -0.2) is 0 Å². The van der Waals surface area contributed by atoms with Gasteiger partial charge in [0.25, 0.3) is 0 Å². The number of hydrogen-bond donors (Lipinski definition) is 1. The highest BCUT2D eigenvalue weighted by Gasteiger charge is 2.07. The van der Waals surface area contributed by atoms with Crippen molar-refractivity contribution in [3.8, 4) is 0 Å². The predicted molar refractivity (Wildman–Crippen MR) is 76.0 cm³/mol. The molecule has 1 aromatic carbocycles. The quantitative estimate of drug-likeness (QED) is 0.678. The minimum absolute atomic E-state index is 0.00688. The van der Waals surface area contributed by atoms with E-state index in [2.05, 4.69) is 15.5 Å². The minimum atomic E-state index is -0.00688. The Bertz CT molecular complexity index is 541. The Morgan fingerprint density at radius 2 is 2.11 bits per heavy atom. The molecular formula is C11H10ClN3OS2. The molecule has 0 amide bonds. The van der Waals surface area contributed by atoms with Gasteiger partial charge < -0.3 is 5.32 Å². The van der Waals surface area contributed by atoms with Gasteiger partial charge in [-0.2, -0.15) is 0 Å². The van der Waals surface area contributed by atoms with Crippen molar-refractivity contribution in [1.82, 2.24) is 10.2 Å². The molecule has 18 heavy (non-hydrogen) atoms. The number of ketones is 1. The first-order valence-electron chi connectivity index (χ1n) is 5.09. The van der Waals surface area contributed by atoms with Crippen molar-refractivity contribution >= 4 is 45.6 Å². The standard InChI is InChI=1S/C11H10ClN3OS2/c1-17-11-15-14-10(18-11)13-6-9(16)7-2-4-8(12)5-3-7/h2-5H,6H2,1H3,(H,13,14). The number of nitrogens with zero attached hydrogens (tertiary/aromatic N) is 2. The van der Waals surface area contributed by atoms with E-state index in [-0.39, 0.29) is 12.3 Å². The van der Waals surface area contributed by atoms with Crippen LogP contribution in [-0.2, 0) is 0 Å². The van der Waals surface area contributed by atoms with Gasteiger partial charge in [0.15, 0.2) is 10.1 Å². The summed E-state index contributed by atoms with van der Waals surface area (Å²) in [6, 6.07) is 6.82. The summed E-state index contributed by atoms with van der Waals surface area (Å²) in [5.74, 6) is -0.00688. The second-order valence-corrected chi connectivity index (χ2v) is 5.83. The number of hydrogen-bond acceptors (Lipinski definition) is 6. The second-order valence-electron chi connectivity index (χ2n) is 3.36. The van der Waals surface area contributed by atoms with E-state index < -0.39 is 0 Å². The maximum atomic E-state index is 11.9. The molecule has 1 heterocycles. The van der Waals surface area contributed by atoms with Crippen LogP contribution in [0.15, 0.2) is 28.6 Å². The van der Waals surface area contributed by atoms with Crippen molar-refractivity contribution in [2.75, 3.05) is 18.1 Å². The third-order valence-corrected chi connectivity index (χ3v) is 4.26. The van der Waals surface area contributed by atoms with Crippen molar-refractivity contribution in [3.05, 3.63) is 34.9 Å². The summed E-state index contributed by atoms with van der Waals surface area (Å²) < 4.78 is 0.872. The number of rotatable bonds is 5. The molecule has 0 aliphatic carbocycles. The van der Waals surface area contributed by atoms with E-state index in [1.165, 1.54) is 23.1 Å². The fourth-order valence-electron chi connectivity index (χ4n) is 1.26. The van der Waals surface area contributed by atoms with Crippen LogP contribution in [0, 0.1) is 0 Å². The van der Waals surface area contributed by atoms with E-state index in [0.29, 0.717) is 15.7 Å². The monoisotopic (exact) mass is 299 g/mol. The van der Waals surface area contributed by atoms with E-state index >= 15 is 0 Å². The average Bonchev–Trinajstić information content (AvgIpc) is 2.85. The zero-order valence-corrected chi connectivity index (χ0v) is 11.9. The molecule has 2 aromatic rings. The van der Waals surface area contributed by atoms with Crippen LogP contribution in [0.5, 0.6) is 0 Å². The molecule has 7 heteroatoms. The first-order valence-corrected chi connectivity index (χ1v) is 7.51. The van der Waals surface area contributed by atoms with Gasteiger partial charge >= 0.3 is 0 Å². The van der Waals surface area contributed by atoms with E-state index in [1.807, 2.05) is 6.26 Å². The largest absolute Gasteiger partial charge is 0.353 e. The molecule has 4 nitrogen and oxygen atoms in total. The Morgan fingerprint density at radius 3 is 2.72 bits per heavy atom. The molecule has 0 aliphatic heterocycles. The van der Waals surface area contributed by atoms with Gasteiger partial charge in [0.2, 0.25) is 5.13 Å². The van der Waals surface area contributed by atoms with Crippen molar-refractivity contribution < 1.29 is 4.79 Å². The van der Waals surface area contributed by atoms with Crippen LogP contribution in [0.25, 0.3) is 0 Å². The molecule has 0 spiro atoms. The highest BCUT2D eigenvalue weighted by atomic mass is 35.5. The van der Waals surface area contributed by atoms with E-state index in [4.69, 9.17) is 11.6 Å². The number of Topliss-reactive ketones (excluding diaryl/α,β-unsaturated/α-hetero) is 1. The van der Waals surface area contributed by atoms with Gasteiger partial charge in [-0.1, -0.05) is 34.7 Å². The predicted octanol–water partition coefficient (Wildman–Crippen LogP) is 3.21. The number of thioether (sulfide) groups is 1. The minimum Gasteiger partial charge on any atom is -0.353 e. The van der Waals surface area contributed by atoms with Gasteiger partial charge in [0.1, 0.15) is 0 Å². The molecule has 0 fully saturated rings. The molecule has 94 valence electrons. The Labute approximate surface area is 118 Å². The number of nitrogens with one attached hydrogen (secondary N) is 1. The lowest BCUT2D eigenvalue weighted by Gasteiger charge is -2.01. The van der Waals surface area contributed by atoms with Crippen molar-refractivity contribution in [1.29, 1.82) is 0 Å². The summed E-state index contributed by atoms with van der Waals surface area (Å²) in [5, 5.41) is 12.1. The summed E-state index contributed by atoms with van der Waals surface area (Å²) in [6.07, 6.45) is 1.93. The molecule has 0 unspecified atom stereocenters. The number of halogens is 1. The summed E-state index contributed by atoms with van der Waals surface area (Å²) in [6.45, 7) is 0.199. The molecule has 0 saturated heterocycles. The van der Waals surface area contributed by atoms with Crippen LogP contribution in [0.4, 0.5) is 5.13 Å². The zero-order valence-electron chi connectivity index (χ0n) is 9.51. The number of anilines is 1. The van der Waals surface area contributed by atoms with E-state index in [0.717, 1.165) is 4.34 Å². The highest BCUT2D eigenvalue weighted by molar-refractivity contribution is 8.00. The Morgan fingerprint density at radius 1 is 1.39 bits per heavy atom. The maximum absolute atomic E-state index is 11.9. The van der Waals surface area contributed by atoms with Gasteiger partial charge in [0.05, 0.1) is 6.54 Å². The molecule has 0 radical (unpaired) electrons. The normalized spacial score (nSPS) is 10.3. The molecule has 0 atom stereocenters. The SMILES string of the molecule is CSc1nnc(NCC(=O)c2ccc(Cl)cc2)s1. The lowest BCUT2D eigenvalue weighted by atomic mass is 10.1. The fourth-order valence-corrected chi connectivity index (χ4v) is 2.55. The molecular weight excluding hydrogens is 290 g/mol. The lowest BCUT2D eigenvalue weighted by molar-refractivity contribution is 0.101. The molecule has 1 N–H and O–H groups in total. The fraction of sp³-hybridized carbons (Fsp3) is 0.182. The average molecular weight is 300 g/mol. The molecule has 1 aromatic heterocycles. The van der Waals surface area contributed by atoms with Crippen LogP contribution < -0.4 is 5.32 Å². The third kappa shape index (κ3) is 3.44.